The summed E-state index contributed by atoms with van der Waals surface area (Å²) >= 11 is 0. The van der Waals surface area contributed by atoms with Crippen LogP contribution in [0.4, 0.5) is 0 Å². The Morgan fingerprint density at radius 1 is 1.56 bits per heavy atom. The number of carboxylic acids is 1. The summed E-state index contributed by atoms with van der Waals surface area (Å²) in [5, 5.41) is 13.1. The van der Waals surface area contributed by atoms with Crippen molar-refractivity contribution in [1.29, 1.82) is 0 Å². The summed E-state index contributed by atoms with van der Waals surface area (Å²) in [5.41, 5.74) is 0.683. The first-order chi connectivity index (χ1) is 8.25. The van der Waals surface area contributed by atoms with Crippen LogP contribution in [0.1, 0.15) is 45.6 Å². The van der Waals surface area contributed by atoms with Gasteiger partial charge in [-0.2, -0.15) is 0 Å². The van der Waals surface area contributed by atoms with Crippen molar-refractivity contribution >= 4 is 5.97 Å². The van der Waals surface area contributed by atoms with Gasteiger partial charge in [0.15, 0.2) is 0 Å². The Morgan fingerprint density at radius 2 is 2.17 bits per heavy atom. The molecule has 102 valence electrons. The summed E-state index contributed by atoms with van der Waals surface area (Å²) in [6.07, 6.45) is 0.565. The van der Waals surface area contributed by atoms with Gasteiger partial charge in [0.2, 0.25) is 0 Å². The van der Waals surface area contributed by atoms with Crippen LogP contribution in [0.25, 0.3) is 0 Å². The first kappa shape index (κ1) is 14.7. The summed E-state index contributed by atoms with van der Waals surface area (Å²) in [5.74, 6) is 0.00816. The Kier molecular flexibility index (Phi) is 4.51. The maximum atomic E-state index is 11.0. The van der Waals surface area contributed by atoms with Gasteiger partial charge in [0.05, 0.1) is 5.69 Å². The molecular weight excluding hydrogens is 232 g/mol. The van der Waals surface area contributed by atoms with Crippen LogP contribution in [0.15, 0.2) is 10.6 Å². The van der Waals surface area contributed by atoms with Crippen molar-refractivity contribution in [2.75, 3.05) is 7.05 Å². The molecule has 0 aliphatic heterocycles. The summed E-state index contributed by atoms with van der Waals surface area (Å²) in [6.45, 7) is 8.48. The van der Waals surface area contributed by atoms with Gasteiger partial charge in [-0.25, -0.2) is 0 Å². The van der Waals surface area contributed by atoms with Crippen LogP contribution >= 0.6 is 0 Å². The largest absolute Gasteiger partial charge is 0.480 e. The Labute approximate surface area is 108 Å². The van der Waals surface area contributed by atoms with Crippen molar-refractivity contribution in [2.45, 2.75) is 52.1 Å². The van der Waals surface area contributed by atoms with Crippen molar-refractivity contribution in [3.8, 4) is 0 Å². The Morgan fingerprint density at radius 3 is 2.56 bits per heavy atom. The van der Waals surface area contributed by atoms with Crippen LogP contribution in [0, 0.1) is 0 Å². The smallest absolute Gasteiger partial charge is 0.320 e. The lowest BCUT2D eigenvalue weighted by molar-refractivity contribution is -0.143. The van der Waals surface area contributed by atoms with E-state index >= 15 is 0 Å². The molecule has 18 heavy (non-hydrogen) atoms. The van der Waals surface area contributed by atoms with Crippen molar-refractivity contribution in [2.24, 2.45) is 0 Å². The highest BCUT2D eigenvalue weighted by Crippen LogP contribution is 2.23. The maximum absolute atomic E-state index is 11.0. The van der Waals surface area contributed by atoms with Gasteiger partial charge in [0.25, 0.3) is 0 Å². The fourth-order valence-electron chi connectivity index (χ4n) is 1.78. The van der Waals surface area contributed by atoms with Gasteiger partial charge in [0, 0.05) is 18.0 Å². The van der Waals surface area contributed by atoms with E-state index in [-0.39, 0.29) is 5.41 Å². The first-order valence-corrected chi connectivity index (χ1v) is 6.14. The lowest BCUT2D eigenvalue weighted by atomic mass is 9.93. The van der Waals surface area contributed by atoms with E-state index < -0.39 is 12.0 Å². The van der Waals surface area contributed by atoms with Gasteiger partial charge in [-0.15, -0.1) is 0 Å². The van der Waals surface area contributed by atoms with Crippen LogP contribution in [-0.2, 0) is 16.8 Å². The predicted octanol–water partition coefficient (Wildman–Crippen LogP) is 2.27. The molecule has 0 unspecified atom stereocenters. The molecule has 0 aliphatic rings. The van der Waals surface area contributed by atoms with Gasteiger partial charge in [-0.3, -0.25) is 9.69 Å². The quantitative estimate of drug-likeness (QED) is 0.873. The highest BCUT2D eigenvalue weighted by Gasteiger charge is 2.23. The van der Waals surface area contributed by atoms with Crippen LogP contribution < -0.4 is 0 Å². The minimum atomic E-state index is -0.806. The second-order valence-corrected chi connectivity index (χ2v) is 5.61. The van der Waals surface area contributed by atoms with Crippen molar-refractivity contribution < 1.29 is 14.4 Å². The zero-order valence-corrected chi connectivity index (χ0v) is 11.7. The fraction of sp³-hybridized carbons (Fsp3) is 0.692. The second kappa shape index (κ2) is 5.52. The molecule has 5 heteroatoms. The summed E-state index contributed by atoms with van der Waals surface area (Å²) in [6, 6.07) is 1.41. The summed E-state index contributed by atoms with van der Waals surface area (Å²) in [4.78, 5) is 12.8. The molecule has 1 aromatic heterocycles. The van der Waals surface area contributed by atoms with Gasteiger partial charge in [-0.05, 0) is 13.5 Å². The van der Waals surface area contributed by atoms with E-state index in [1.165, 1.54) is 0 Å². The van der Waals surface area contributed by atoms with E-state index in [2.05, 4.69) is 5.16 Å². The number of rotatable bonds is 5. The van der Waals surface area contributed by atoms with E-state index in [4.69, 9.17) is 9.63 Å². The third kappa shape index (κ3) is 3.57. The lowest BCUT2D eigenvalue weighted by Gasteiger charge is -2.22. The molecule has 1 rings (SSSR count). The monoisotopic (exact) mass is 254 g/mol. The number of aliphatic carboxylic acids is 1. The average Bonchev–Trinajstić information content (AvgIpc) is 2.65. The van der Waals surface area contributed by atoms with Crippen LogP contribution in [-0.4, -0.2) is 34.2 Å². The third-order valence-electron chi connectivity index (χ3n) is 2.91. The highest BCUT2D eigenvalue weighted by atomic mass is 16.5. The van der Waals surface area contributed by atoms with Crippen molar-refractivity contribution in [3.63, 3.8) is 0 Å². The number of hydrogen-bond acceptors (Lipinski definition) is 4. The number of nitrogens with zero attached hydrogens (tertiary/aromatic N) is 2. The number of likely N-dealkylation sites (N-methyl/N-ethyl adjacent to an activating group) is 1. The molecule has 0 fully saturated rings. The molecule has 0 saturated carbocycles. The average molecular weight is 254 g/mol. The molecule has 0 aliphatic carbocycles. The van der Waals surface area contributed by atoms with Crippen LogP contribution in [0.5, 0.6) is 0 Å². The summed E-state index contributed by atoms with van der Waals surface area (Å²) in [7, 11) is 1.79. The van der Waals surface area contributed by atoms with Crippen LogP contribution in [0.3, 0.4) is 0 Å². The fourth-order valence-corrected chi connectivity index (χ4v) is 1.78. The molecule has 0 bridgehead atoms. The van der Waals surface area contributed by atoms with E-state index in [0.29, 0.717) is 13.0 Å². The molecule has 1 aromatic rings. The van der Waals surface area contributed by atoms with Gasteiger partial charge in [-0.1, -0.05) is 32.9 Å². The molecule has 0 amide bonds. The van der Waals surface area contributed by atoms with E-state index in [9.17, 15) is 4.79 Å². The zero-order valence-electron chi connectivity index (χ0n) is 11.7. The second-order valence-electron chi connectivity index (χ2n) is 5.61. The van der Waals surface area contributed by atoms with Gasteiger partial charge in [0.1, 0.15) is 11.8 Å². The van der Waals surface area contributed by atoms with E-state index in [1.54, 1.807) is 11.9 Å². The topological polar surface area (TPSA) is 66.6 Å². The normalized spacial score (nSPS) is 13.9. The first-order valence-electron chi connectivity index (χ1n) is 6.14. The molecular formula is C13H22N2O3. The molecule has 1 atom stereocenters. The van der Waals surface area contributed by atoms with Crippen molar-refractivity contribution in [1.82, 2.24) is 10.1 Å². The molecule has 5 nitrogen and oxygen atoms in total. The summed E-state index contributed by atoms with van der Waals surface area (Å²) < 4.78 is 5.28. The highest BCUT2D eigenvalue weighted by molar-refractivity contribution is 5.73. The number of carbonyl (C=O) groups is 1. The Balaban J connectivity index is 2.73. The van der Waals surface area contributed by atoms with Gasteiger partial charge >= 0.3 is 5.97 Å². The number of aromatic nitrogens is 1. The van der Waals surface area contributed by atoms with E-state index in [0.717, 1.165) is 11.5 Å². The Hall–Kier alpha value is -1.36. The number of carboxylic acid groups (broad SMARTS) is 1. The predicted molar refractivity (Wildman–Crippen MR) is 68.4 cm³/mol. The standard InChI is InChI=1S/C13H22N2O3/c1-6-10(12(16)17)15(5)8-9-7-11(18-14-9)13(2,3)4/h7,10H,6,8H2,1-5H3,(H,16,17)/t10-/m1/s1. The SMILES string of the molecule is CC[C@H](C(=O)O)N(C)Cc1cc(C(C)(C)C)on1. The van der Waals surface area contributed by atoms with E-state index in [1.807, 2.05) is 33.8 Å². The molecule has 1 N–H and O–H groups in total. The molecule has 0 aromatic carbocycles. The Bertz CT molecular complexity index is 407. The third-order valence-corrected chi connectivity index (χ3v) is 2.91. The van der Waals surface area contributed by atoms with Crippen molar-refractivity contribution in [3.05, 3.63) is 17.5 Å². The minimum Gasteiger partial charge on any atom is -0.480 e. The molecule has 0 saturated heterocycles. The lowest BCUT2D eigenvalue weighted by Crippen LogP contribution is -2.37. The van der Waals surface area contributed by atoms with Gasteiger partial charge < -0.3 is 9.63 Å². The van der Waals surface area contributed by atoms with Crippen LogP contribution in [0.2, 0.25) is 0 Å². The molecule has 0 spiro atoms. The molecule has 1 heterocycles. The number of hydrogen-bond donors (Lipinski definition) is 1. The zero-order chi connectivity index (χ0) is 13.9. The molecule has 0 radical (unpaired) electrons. The minimum absolute atomic E-state index is 0.0826. The maximum Gasteiger partial charge on any atom is 0.320 e.